The number of halogens is 1. The first-order valence-electron chi connectivity index (χ1n) is 7.14. The standard InChI is InChI=1S/C17H14ClNO4/c1-2-22-15-5-3-4-12-10-14(19(20)21)16(23-17(12)15)11-6-8-13(18)9-7-11/h3-10,16H,2H2,1H3. The second-order valence-electron chi connectivity index (χ2n) is 4.98. The summed E-state index contributed by atoms with van der Waals surface area (Å²) in [6.07, 6.45) is 0.719. The lowest BCUT2D eigenvalue weighted by atomic mass is 10.0. The first-order valence-corrected chi connectivity index (χ1v) is 7.52. The van der Waals surface area contributed by atoms with Crippen LogP contribution in [0.15, 0.2) is 48.2 Å². The van der Waals surface area contributed by atoms with E-state index in [0.29, 0.717) is 34.3 Å². The Morgan fingerprint density at radius 3 is 2.65 bits per heavy atom. The van der Waals surface area contributed by atoms with Gasteiger partial charge in [-0.05, 0) is 25.1 Å². The zero-order valence-electron chi connectivity index (χ0n) is 12.4. The topological polar surface area (TPSA) is 61.6 Å². The molecule has 0 N–H and O–H groups in total. The van der Waals surface area contributed by atoms with E-state index in [4.69, 9.17) is 21.1 Å². The van der Waals surface area contributed by atoms with Crippen LogP contribution in [0.3, 0.4) is 0 Å². The molecule has 0 spiro atoms. The summed E-state index contributed by atoms with van der Waals surface area (Å²) in [5.41, 5.74) is 1.27. The smallest absolute Gasteiger partial charge is 0.291 e. The van der Waals surface area contributed by atoms with Crippen LogP contribution in [0.25, 0.3) is 6.08 Å². The maximum absolute atomic E-state index is 11.4. The Balaban J connectivity index is 2.09. The van der Waals surface area contributed by atoms with Gasteiger partial charge in [-0.25, -0.2) is 0 Å². The van der Waals surface area contributed by atoms with Crippen LogP contribution < -0.4 is 9.47 Å². The summed E-state index contributed by atoms with van der Waals surface area (Å²) >= 11 is 5.89. The molecule has 1 unspecified atom stereocenters. The van der Waals surface area contributed by atoms with Crippen LogP contribution in [0.5, 0.6) is 11.5 Å². The van der Waals surface area contributed by atoms with Crippen LogP contribution in [0, 0.1) is 10.1 Å². The summed E-state index contributed by atoms with van der Waals surface area (Å²) in [6, 6.07) is 12.1. The fourth-order valence-electron chi connectivity index (χ4n) is 2.48. The summed E-state index contributed by atoms with van der Waals surface area (Å²) in [5, 5.41) is 12.0. The van der Waals surface area contributed by atoms with Crippen LogP contribution in [0.1, 0.15) is 24.2 Å². The van der Waals surface area contributed by atoms with E-state index in [1.807, 2.05) is 6.92 Å². The van der Waals surface area contributed by atoms with Crippen LogP contribution >= 0.6 is 11.6 Å². The van der Waals surface area contributed by atoms with E-state index in [2.05, 4.69) is 0 Å². The van der Waals surface area contributed by atoms with Gasteiger partial charge in [-0.15, -0.1) is 0 Å². The first-order chi connectivity index (χ1) is 11.1. The molecule has 0 saturated carbocycles. The second kappa shape index (κ2) is 6.30. The lowest BCUT2D eigenvalue weighted by Crippen LogP contribution is -2.20. The Labute approximate surface area is 138 Å². The maximum atomic E-state index is 11.4. The molecule has 5 nitrogen and oxygen atoms in total. The van der Waals surface area contributed by atoms with E-state index in [-0.39, 0.29) is 5.70 Å². The number of hydrogen-bond acceptors (Lipinski definition) is 4. The van der Waals surface area contributed by atoms with E-state index in [1.54, 1.807) is 42.5 Å². The summed E-state index contributed by atoms with van der Waals surface area (Å²) in [7, 11) is 0. The van der Waals surface area contributed by atoms with Crippen molar-refractivity contribution < 1.29 is 14.4 Å². The summed E-state index contributed by atoms with van der Waals surface area (Å²) in [5.74, 6) is 1.09. The Kier molecular flexibility index (Phi) is 4.21. The molecule has 23 heavy (non-hydrogen) atoms. The largest absolute Gasteiger partial charge is 0.490 e. The quantitative estimate of drug-likeness (QED) is 0.611. The molecule has 1 aliphatic heterocycles. The minimum Gasteiger partial charge on any atom is -0.490 e. The minimum absolute atomic E-state index is 0.0199. The van der Waals surface area contributed by atoms with E-state index < -0.39 is 11.0 Å². The van der Waals surface area contributed by atoms with Gasteiger partial charge in [-0.2, -0.15) is 0 Å². The Morgan fingerprint density at radius 1 is 1.26 bits per heavy atom. The number of ether oxygens (including phenoxy) is 2. The molecule has 3 rings (SSSR count). The summed E-state index contributed by atoms with van der Waals surface area (Å²) in [6.45, 7) is 2.36. The molecule has 2 aromatic rings. The predicted molar refractivity (Wildman–Crippen MR) is 87.4 cm³/mol. The van der Waals surface area contributed by atoms with Crippen molar-refractivity contribution in [3.8, 4) is 11.5 Å². The van der Waals surface area contributed by atoms with Crippen LogP contribution in [0.4, 0.5) is 0 Å². The van der Waals surface area contributed by atoms with Crippen LogP contribution in [0.2, 0.25) is 5.02 Å². The van der Waals surface area contributed by atoms with Gasteiger partial charge in [0.15, 0.2) is 11.5 Å². The number of para-hydroxylation sites is 1. The Morgan fingerprint density at radius 2 is 2.00 bits per heavy atom. The molecule has 6 heteroatoms. The second-order valence-corrected chi connectivity index (χ2v) is 5.42. The number of hydrogen-bond donors (Lipinski definition) is 0. The zero-order chi connectivity index (χ0) is 16.4. The molecule has 118 valence electrons. The van der Waals surface area contributed by atoms with Crippen molar-refractivity contribution in [3.63, 3.8) is 0 Å². The van der Waals surface area contributed by atoms with Gasteiger partial charge in [-0.3, -0.25) is 10.1 Å². The molecule has 0 amide bonds. The van der Waals surface area contributed by atoms with Crippen molar-refractivity contribution in [2.75, 3.05) is 6.61 Å². The SMILES string of the molecule is CCOc1cccc2c1OC(c1ccc(Cl)cc1)C([N+](=O)[O-])=C2. The lowest BCUT2D eigenvalue weighted by Gasteiger charge is -2.24. The van der Waals surface area contributed by atoms with Crippen molar-refractivity contribution in [1.29, 1.82) is 0 Å². The van der Waals surface area contributed by atoms with Crippen molar-refractivity contribution in [2.24, 2.45) is 0 Å². The van der Waals surface area contributed by atoms with Gasteiger partial charge in [0.25, 0.3) is 5.70 Å². The van der Waals surface area contributed by atoms with Gasteiger partial charge in [0, 0.05) is 22.2 Å². The molecular weight excluding hydrogens is 318 g/mol. The molecule has 2 aromatic carbocycles. The number of benzene rings is 2. The number of nitrogens with zero attached hydrogens (tertiary/aromatic N) is 1. The molecule has 0 bridgehead atoms. The van der Waals surface area contributed by atoms with E-state index in [0.717, 1.165) is 0 Å². The molecule has 0 fully saturated rings. The highest BCUT2D eigenvalue weighted by atomic mass is 35.5. The van der Waals surface area contributed by atoms with Crippen molar-refractivity contribution in [2.45, 2.75) is 13.0 Å². The van der Waals surface area contributed by atoms with E-state index in [9.17, 15) is 10.1 Å². The van der Waals surface area contributed by atoms with Gasteiger partial charge in [0.1, 0.15) is 0 Å². The van der Waals surface area contributed by atoms with Gasteiger partial charge in [-0.1, -0.05) is 35.9 Å². The monoisotopic (exact) mass is 331 g/mol. The first kappa shape index (κ1) is 15.4. The molecule has 0 aromatic heterocycles. The normalized spacial score (nSPS) is 16.1. The molecule has 1 heterocycles. The highest BCUT2D eigenvalue weighted by Gasteiger charge is 2.34. The molecule has 1 aliphatic rings. The lowest BCUT2D eigenvalue weighted by molar-refractivity contribution is -0.434. The van der Waals surface area contributed by atoms with Gasteiger partial charge < -0.3 is 9.47 Å². The summed E-state index contributed by atoms with van der Waals surface area (Å²) < 4.78 is 11.5. The fraction of sp³-hybridized carbons (Fsp3) is 0.176. The van der Waals surface area contributed by atoms with E-state index in [1.165, 1.54) is 6.08 Å². The zero-order valence-corrected chi connectivity index (χ0v) is 13.1. The highest BCUT2D eigenvalue weighted by Crippen LogP contribution is 2.42. The van der Waals surface area contributed by atoms with Gasteiger partial charge in [0.05, 0.1) is 11.5 Å². The minimum atomic E-state index is -0.809. The molecule has 0 radical (unpaired) electrons. The Bertz CT molecular complexity index is 771. The number of fused-ring (bicyclic) bond motifs is 1. The molecule has 0 saturated heterocycles. The fourth-order valence-corrected chi connectivity index (χ4v) is 2.61. The average Bonchev–Trinajstić information content (AvgIpc) is 2.55. The van der Waals surface area contributed by atoms with Crippen molar-refractivity contribution >= 4 is 17.7 Å². The molecular formula is C17H14ClNO4. The van der Waals surface area contributed by atoms with Crippen molar-refractivity contribution in [1.82, 2.24) is 0 Å². The average molecular weight is 332 g/mol. The number of rotatable bonds is 4. The van der Waals surface area contributed by atoms with Crippen LogP contribution in [-0.2, 0) is 0 Å². The Hall–Kier alpha value is -2.53. The third-order valence-electron chi connectivity index (χ3n) is 3.50. The predicted octanol–water partition coefficient (Wildman–Crippen LogP) is 4.49. The summed E-state index contributed by atoms with van der Waals surface area (Å²) in [4.78, 5) is 11.0. The van der Waals surface area contributed by atoms with Crippen LogP contribution in [-0.4, -0.2) is 11.5 Å². The number of nitro groups is 1. The van der Waals surface area contributed by atoms with E-state index >= 15 is 0 Å². The molecule has 0 aliphatic carbocycles. The van der Waals surface area contributed by atoms with Gasteiger partial charge >= 0.3 is 0 Å². The highest BCUT2D eigenvalue weighted by molar-refractivity contribution is 6.30. The third-order valence-corrected chi connectivity index (χ3v) is 3.75. The maximum Gasteiger partial charge on any atom is 0.291 e. The third kappa shape index (κ3) is 3.00. The van der Waals surface area contributed by atoms with Crippen molar-refractivity contribution in [3.05, 3.63) is 74.4 Å². The van der Waals surface area contributed by atoms with Gasteiger partial charge in [0.2, 0.25) is 6.10 Å². The molecule has 1 atom stereocenters.